The van der Waals surface area contributed by atoms with Gasteiger partial charge in [0.25, 0.3) is 0 Å². The van der Waals surface area contributed by atoms with E-state index in [2.05, 4.69) is 27.4 Å². The van der Waals surface area contributed by atoms with Crippen molar-refractivity contribution in [3.63, 3.8) is 0 Å². The molecule has 2 aromatic heterocycles. The monoisotopic (exact) mass is 428 g/mol. The minimum atomic E-state index is -0.671. The summed E-state index contributed by atoms with van der Waals surface area (Å²) in [6, 6.07) is 15.8. The quantitative estimate of drug-likeness (QED) is 0.654. The van der Waals surface area contributed by atoms with E-state index in [4.69, 9.17) is 0 Å². The molecule has 3 heterocycles. The Balaban J connectivity index is 1.61. The van der Waals surface area contributed by atoms with E-state index in [1.165, 1.54) is 0 Å². The van der Waals surface area contributed by atoms with Crippen LogP contribution in [0.5, 0.6) is 0 Å². The molecule has 6 nitrogen and oxygen atoms in total. The van der Waals surface area contributed by atoms with Gasteiger partial charge in [0.15, 0.2) is 0 Å². The predicted molar refractivity (Wildman–Crippen MR) is 124 cm³/mol. The van der Waals surface area contributed by atoms with Gasteiger partial charge in [0.2, 0.25) is 11.8 Å². The van der Waals surface area contributed by atoms with Crippen molar-refractivity contribution in [3.05, 3.63) is 84.4 Å². The number of nitrogens with one attached hydrogen (secondary N) is 1. The average Bonchev–Trinajstić information content (AvgIpc) is 2.85. The lowest BCUT2D eigenvalue weighted by Gasteiger charge is -2.42. The Hall–Kier alpha value is -3.54. The number of aromatic nitrogens is 2. The molecule has 164 valence electrons. The van der Waals surface area contributed by atoms with Gasteiger partial charge in [-0.1, -0.05) is 36.4 Å². The fourth-order valence-corrected chi connectivity index (χ4v) is 4.65. The largest absolute Gasteiger partial charge is 0.359 e. The molecule has 6 heteroatoms. The van der Waals surface area contributed by atoms with Crippen LogP contribution in [-0.2, 0) is 22.4 Å². The van der Waals surface area contributed by atoms with Crippen molar-refractivity contribution in [2.24, 2.45) is 5.41 Å². The number of hydrogen-bond acceptors (Lipinski definition) is 4. The zero-order valence-corrected chi connectivity index (χ0v) is 18.3. The van der Waals surface area contributed by atoms with Crippen LogP contribution in [0.3, 0.4) is 0 Å². The molecule has 1 aromatic carbocycles. The van der Waals surface area contributed by atoms with Gasteiger partial charge >= 0.3 is 0 Å². The van der Waals surface area contributed by atoms with Gasteiger partial charge in [-0.05, 0) is 48.1 Å². The predicted octanol–water partition coefficient (Wildman–Crippen LogP) is 3.28. The Morgan fingerprint density at radius 1 is 1.03 bits per heavy atom. The van der Waals surface area contributed by atoms with E-state index in [0.717, 1.165) is 35.1 Å². The summed E-state index contributed by atoms with van der Waals surface area (Å²) in [6.07, 6.45) is 9.41. The second kappa shape index (κ2) is 9.73. The molecule has 1 unspecified atom stereocenters. The summed E-state index contributed by atoms with van der Waals surface area (Å²) in [7, 11) is 1.67. The Bertz CT molecular complexity index is 1070. The smallest absolute Gasteiger partial charge is 0.228 e. The molecule has 0 radical (unpaired) electrons. The lowest BCUT2D eigenvalue weighted by Crippen LogP contribution is -2.54. The van der Waals surface area contributed by atoms with Crippen molar-refractivity contribution < 1.29 is 9.59 Å². The van der Waals surface area contributed by atoms with Crippen LogP contribution in [-0.4, -0.2) is 46.8 Å². The van der Waals surface area contributed by atoms with Crippen LogP contribution < -0.4 is 5.32 Å². The minimum Gasteiger partial charge on any atom is -0.359 e. The molecule has 1 fully saturated rings. The van der Waals surface area contributed by atoms with Crippen LogP contribution in [0.25, 0.3) is 11.1 Å². The van der Waals surface area contributed by atoms with E-state index in [1.54, 1.807) is 25.6 Å². The van der Waals surface area contributed by atoms with E-state index in [-0.39, 0.29) is 11.8 Å². The lowest BCUT2D eigenvalue weighted by molar-refractivity contribution is -0.141. The number of rotatable bonds is 6. The molecule has 1 aliphatic rings. The zero-order chi connectivity index (χ0) is 22.4. The second-order valence-electron chi connectivity index (χ2n) is 8.39. The van der Waals surface area contributed by atoms with Gasteiger partial charge in [-0.15, -0.1) is 0 Å². The molecule has 0 spiro atoms. The number of piperidine rings is 1. The first-order chi connectivity index (χ1) is 15.6. The van der Waals surface area contributed by atoms with E-state index in [1.807, 2.05) is 47.5 Å². The highest BCUT2D eigenvalue weighted by Gasteiger charge is 2.43. The number of pyridine rings is 2. The zero-order valence-electron chi connectivity index (χ0n) is 18.3. The molecule has 4 rings (SSSR count). The maximum atomic E-state index is 13.2. The average molecular weight is 429 g/mol. The number of nitrogens with zero attached hydrogens (tertiary/aromatic N) is 3. The first-order valence-electron chi connectivity index (χ1n) is 11.0. The highest BCUT2D eigenvalue weighted by atomic mass is 16.2. The molecule has 32 heavy (non-hydrogen) atoms. The maximum absolute atomic E-state index is 13.2. The van der Waals surface area contributed by atoms with Crippen molar-refractivity contribution >= 4 is 11.8 Å². The summed E-state index contributed by atoms with van der Waals surface area (Å²) in [5, 5.41) is 2.86. The van der Waals surface area contributed by atoms with Crippen LogP contribution in [0.4, 0.5) is 0 Å². The molecule has 2 amide bonds. The van der Waals surface area contributed by atoms with Crippen molar-refractivity contribution in [3.8, 4) is 11.1 Å². The standard InChI is InChI=1S/C26H28N4O2/c1-27-25(32)26(16-21-8-2-3-10-23(21)22-9-5-13-29-18-22)11-6-14-30(19-26)24(31)15-20-7-4-12-28-17-20/h2-5,7-10,12-13,17-18H,6,11,14-16,19H2,1H3,(H,27,32). The van der Waals surface area contributed by atoms with Crippen LogP contribution >= 0.6 is 0 Å². The van der Waals surface area contributed by atoms with E-state index in [9.17, 15) is 9.59 Å². The number of hydrogen-bond donors (Lipinski definition) is 1. The Kier molecular flexibility index (Phi) is 6.59. The lowest BCUT2D eigenvalue weighted by atomic mass is 9.73. The van der Waals surface area contributed by atoms with E-state index >= 15 is 0 Å². The Morgan fingerprint density at radius 2 is 1.81 bits per heavy atom. The fraction of sp³-hybridized carbons (Fsp3) is 0.308. The van der Waals surface area contributed by atoms with Gasteiger partial charge in [0, 0.05) is 50.5 Å². The number of likely N-dealkylation sites (tertiary alicyclic amines) is 1. The van der Waals surface area contributed by atoms with Crippen molar-refractivity contribution in [1.29, 1.82) is 0 Å². The van der Waals surface area contributed by atoms with Gasteiger partial charge < -0.3 is 10.2 Å². The molecule has 0 saturated carbocycles. The summed E-state index contributed by atoms with van der Waals surface area (Å²) in [6.45, 7) is 1.08. The van der Waals surface area contributed by atoms with Crippen LogP contribution in [0, 0.1) is 5.41 Å². The number of amides is 2. The van der Waals surface area contributed by atoms with Gasteiger partial charge in [-0.2, -0.15) is 0 Å². The number of carbonyl (C=O) groups is 2. The summed E-state index contributed by atoms with van der Waals surface area (Å²) in [5.74, 6) is 0.0175. The van der Waals surface area contributed by atoms with Crippen molar-refractivity contribution in [1.82, 2.24) is 20.2 Å². The third-order valence-electron chi connectivity index (χ3n) is 6.24. The molecule has 3 aromatic rings. The van der Waals surface area contributed by atoms with Crippen molar-refractivity contribution in [2.75, 3.05) is 20.1 Å². The Labute approximate surface area is 188 Å². The van der Waals surface area contributed by atoms with Crippen LogP contribution in [0.15, 0.2) is 73.3 Å². The Morgan fingerprint density at radius 3 is 2.53 bits per heavy atom. The minimum absolute atomic E-state index is 0.0163. The molecular weight excluding hydrogens is 400 g/mol. The van der Waals surface area contributed by atoms with Crippen molar-refractivity contribution in [2.45, 2.75) is 25.7 Å². The normalized spacial score (nSPS) is 18.2. The summed E-state index contributed by atoms with van der Waals surface area (Å²) in [4.78, 5) is 36.5. The molecule has 1 atom stereocenters. The molecule has 1 N–H and O–H groups in total. The van der Waals surface area contributed by atoms with Crippen LogP contribution in [0.1, 0.15) is 24.0 Å². The van der Waals surface area contributed by atoms with E-state index in [0.29, 0.717) is 25.9 Å². The van der Waals surface area contributed by atoms with Gasteiger partial charge in [-0.25, -0.2) is 0 Å². The highest BCUT2D eigenvalue weighted by molar-refractivity contribution is 5.85. The highest BCUT2D eigenvalue weighted by Crippen LogP contribution is 2.37. The molecule has 1 aliphatic heterocycles. The summed E-state index contributed by atoms with van der Waals surface area (Å²) >= 11 is 0. The van der Waals surface area contributed by atoms with Gasteiger partial charge in [0.1, 0.15) is 0 Å². The first kappa shape index (κ1) is 21.7. The number of benzene rings is 1. The third kappa shape index (κ3) is 4.69. The van der Waals surface area contributed by atoms with Gasteiger partial charge in [0.05, 0.1) is 11.8 Å². The molecule has 1 saturated heterocycles. The van der Waals surface area contributed by atoms with Crippen LogP contribution in [0.2, 0.25) is 0 Å². The third-order valence-corrected chi connectivity index (χ3v) is 6.24. The van der Waals surface area contributed by atoms with E-state index < -0.39 is 5.41 Å². The topological polar surface area (TPSA) is 75.2 Å². The molecule has 0 aliphatic carbocycles. The molecular formula is C26H28N4O2. The van der Waals surface area contributed by atoms with Gasteiger partial charge in [-0.3, -0.25) is 19.6 Å². The summed E-state index contributed by atoms with van der Waals surface area (Å²) < 4.78 is 0. The molecule has 0 bridgehead atoms. The fourth-order valence-electron chi connectivity index (χ4n) is 4.65. The maximum Gasteiger partial charge on any atom is 0.228 e. The summed E-state index contributed by atoms with van der Waals surface area (Å²) in [5.41, 5.74) is 3.40. The first-order valence-corrected chi connectivity index (χ1v) is 11.0. The number of carbonyl (C=O) groups excluding carboxylic acids is 2. The second-order valence-corrected chi connectivity index (χ2v) is 8.39. The SMILES string of the molecule is CNC(=O)C1(Cc2ccccc2-c2cccnc2)CCCN(C(=O)Cc2cccnc2)C1.